The lowest BCUT2D eigenvalue weighted by Gasteiger charge is -2.28. The molecule has 0 aliphatic heterocycles. The Morgan fingerprint density at radius 1 is 1.33 bits per heavy atom. The van der Waals surface area contributed by atoms with E-state index in [-0.39, 0.29) is 18.1 Å². The smallest absolute Gasteiger partial charge is 0.260 e. The normalized spacial score (nSPS) is 20.5. The van der Waals surface area contributed by atoms with Crippen molar-refractivity contribution < 1.29 is 13.3 Å². The van der Waals surface area contributed by atoms with E-state index in [0.717, 1.165) is 18.7 Å². The van der Waals surface area contributed by atoms with E-state index in [1.54, 1.807) is 12.3 Å². The number of aromatic amines is 1. The van der Waals surface area contributed by atoms with Crippen molar-refractivity contribution in [2.24, 2.45) is 0 Å². The largest absolute Gasteiger partial charge is 0.340 e. The molecule has 3 heterocycles. The van der Waals surface area contributed by atoms with Crippen LogP contribution < -0.4 is 0 Å². The standard InChI is InChI=1S/C16H17F2N5O/c1-2-11-20-12-9(6-8-19-14(12)21-11)15-22-13(23-24-15)10-5-3-4-7-16(10,17)18/h6,8,10H,2-5,7H2,1H3,(H,19,20,21). The van der Waals surface area contributed by atoms with E-state index in [1.165, 1.54) is 0 Å². The number of hydrogen-bond acceptors (Lipinski definition) is 5. The third kappa shape index (κ3) is 2.46. The molecule has 6 nitrogen and oxygen atoms in total. The van der Waals surface area contributed by atoms with Gasteiger partial charge in [-0.25, -0.2) is 18.7 Å². The van der Waals surface area contributed by atoms with Gasteiger partial charge in [0.25, 0.3) is 11.8 Å². The fourth-order valence-corrected chi connectivity index (χ4v) is 3.20. The van der Waals surface area contributed by atoms with Gasteiger partial charge in [0.05, 0.1) is 17.0 Å². The SMILES string of the molecule is CCc1nc2nccc(-c3nc(C4CCCCC4(F)F)no3)c2[nH]1. The van der Waals surface area contributed by atoms with E-state index in [0.29, 0.717) is 29.6 Å². The molecule has 24 heavy (non-hydrogen) atoms. The highest BCUT2D eigenvalue weighted by atomic mass is 19.3. The number of nitrogens with one attached hydrogen (secondary N) is 1. The van der Waals surface area contributed by atoms with Crippen molar-refractivity contribution in [1.82, 2.24) is 25.1 Å². The van der Waals surface area contributed by atoms with Gasteiger partial charge in [0, 0.05) is 19.0 Å². The Hall–Kier alpha value is -2.38. The summed E-state index contributed by atoms with van der Waals surface area (Å²) in [5.74, 6) is -2.67. The molecule has 0 saturated heterocycles. The minimum absolute atomic E-state index is 0.0786. The van der Waals surface area contributed by atoms with E-state index >= 15 is 0 Å². The highest BCUT2D eigenvalue weighted by Gasteiger charge is 2.45. The molecule has 4 rings (SSSR count). The molecule has 0 aromatic carbocycles. The van der Waals surface area contributed by atoms with Crippen LogP contribution in [0.25, 0.3) is 22.6 Å². The van der Waals surface area contributed by atoms with Gasteiger partial charge in [-0.2, -0.15) is 4.98 Å². The molecule has 3 aromatic heterocycles. The summed E-state index contributed by atoms with van der Waals surface area (Å²) in [6.07, 6.45) is 3.87. The Bertz CT molecular complexity index is 872. The number of halogens is 2. The van der Waals surface area contributed by atoms with E-state index in [1.807, 2.05) is 6.92 Å². The van der Waals surface area contributed by atoms with E-state index in [4.69, 9.17) is 4.52 Å². The summed E-state index contributed by atoms with van der Waals surface area (Å²) in [4.78, 5) is 16.0. The lowest BCUT2D eigenvalue weighted by molar-refractivity contribution is -0.0576. The number of nitrogens with zero attached hydrogens (tertiary/aromatic N) is 4. The number of H-pyrrole nitrogens is 1. The first kappa shape index (κ1) is 15.2. The van der Waals surface area contributed by atoms with Crippen molar-refractivity contribution in [3.05, 3.63) is 23.9 Å². The van der Waals surface area contributed by atoms with Crippen molar-refractivity contribution in [2.75, 3.05) is 0 Å². The van der Waals surface area contributed by atoms with Crippen molar-refractivity contribution in [3.8, 4) is 11.5 Å². The molecule has 0 spiro atoms. The van der Waals surface area contributed by atoms with Crippen LogP contribution in [-0.2, 0) is 6.42 Å². The number of imidazole rings is 1. The zero-order valence-corrected chi connectivity index (χ0v) is 13.2. The fourth-order valence-electron chi connectivity index (χ4n) is 3.20. The zero-order chi connectivity index (χ0) is 16.7. The van der Waals surface area contributed by atoms with Crippen LogP contribution in [0.15, 0.2) is 16.8 Å². The molecule has 1 aliphatic rings. The molecule has 126 valence electrons. The maximum Gasteiger partial charge on any atom is 0.260 e. The average molecular weight is 333 g/mol. The van der Waals surface area contributed by atoms with Crippen molar-refractivity contribution in [3.63, 3.8) is 0 Å². The number of pyridine rings is 1. The summed E-state index contributed by atoms with van der Waals surface area (Å²) in [7, 11) is 0. The van der Waals surface area contributed by atoms with E-state index in [2.05, 4.69) is 25.1 Å². The Labute approximate surface area is 136 Å². The quantitative estimate of drug-likeness (QED) is 0.787. The van der Waals surface area contributed by atoms with Crippen LogP contribution in [0, 0.1) is 0 Å². The molecule has 8 heteroatoms. The van der Waals surface area contributed by atoms with Gasteiger partial charge < -0.3 is 9.51 Å². The molecule has 0 radical (unpaired) electrons. The number of rotatable bonds is 3. The van der Waals surface area contributed by atoms with Gasteiger partial charge >= 0.3 is 0 Å². The third-order valence-electron chi connectivity index (χ3n) is 4.52. The Morgan fingerprint density at radius 3 is 3.00 bits per heavy atom. The first-order valence-corrected chi connectivity index (χ1v) is 8.14. The predicted molar refractivity (Wildman–Crippen MR) is 82.7 cm³/mol. The second kappa shape index (κ2) is 5.61. The summed E-state index contributed by atoms with van der Waals surface area (Å²) >= 11 is 0. The molecular weight excluding hydrogens is 316 g/mol. The lowest BCUT2D eigenvalue weighted by atomic mass is 9.85. The minimum Gasteiger partial charge on any atom is -0.340 e. The van der Waals surface area contributed by atoms with Crippen LogP contribution in [-0.4, -0.2) is 31.0 Å². The number of fused-ring (bicyclic) bond motifs is 1. The average Bonchev–Trinajstić information content (AvgIpc) is 3.20. The van der Waals surface area contributed by atoms with Crippen LogP contribution in [0.5, 0.6) is 0 Å². The molecule has 1 aliphatic carbocycles. The highest BCUT2D eigenvalue weighted by molar-refractivity contribution is 5.86. The summed E-state index contributed by atoms with van der Waals surface area (Å²) in [6, 6.07) is 1.72. The lowest BCUT2D eigenvalue weighted by Crippen LogP contribution is -2.30. The molecule has 3 aromatic rings. The van der Waals surface area contributed by atoms with Crippen LogP contribution in [0.4, 0.5) is 8.78 Å². The van der Waals surface area contributed by atoms with Gasteiger partial charge in [-0.05, 0) is 18.9 Å². The highest BCUT2D eigenvalue weighted by Crippen LogP contribution is 2.44. The van der Waals surface area contributed by atoms with Crippen molar-refractivity contribution in [2.45, 2.75) is 50.9 Å². The Kier molecular flexibility index (Phi) is 3.54. The molecule has 0 amide bonds. The molecule has 1 fully saturated rings. The number of alkyl halides is 2. The molecular formula is C16H17F2N5O. The van der Waals surface area contributed by atoms with Gasteiger partial charge in [0.1, 0.15) is 5.82 Å². The molecule has 1 unspecified atom stereocenters. The van der Waals surface area contributed by atoms with Gasteiger partial charge in [-0.3, -0.25) is 0 Å². The molecule has 1 atom stereocenters. The molecule has 1 N–H and O–H groups in total. The van der Waals surface area contributed by atoms with Gasteiger partial charge in [-0.15, -0.1) is 0 Å². The predicted octanol–water partition coefficient (Wildman–Crippen LogP) is 3.86. The first-order chi connectivity index (χ1) is 11.6. The summed E-state index contributed by atoms with van der Waals surface area (Å²) in [5.41, 5.74) is 1.86. The summed E-state index contributed by atoms with van der Waals surface area (Å²) < 4.78 is 33.5. The Balaban J connectivity index is 1.74. The monoisotopic (exact) mass is 333 g/mol. The van der Waals surface area contributed by atoms with Crippen LogP contribution in [0.1, 0.15) is 50.2 Å². The van der Waals surface area contributed by atoms with E-state index < -0.39 is 11.8 Å². The molecule has 0 bridgehead atoms. The van der Waals surface area contributed by atoms with Crippen molar-refractivity contribution >= 4 is 11.2 Å². The van der Waals surface area contributed by atoms with Gasteiger partial charge in [0.15, 0.2) is 11.5 Å². The van der Waals surface area contributed by atoms with Gasteiger partial charge in [-0.1, -0.05) is 18.5 Å². The fraction of sp³-hybridized carbons (Fsp3) is 0.500. The van der Waals surface area contributed by atoms with E-state index in [9.17, 15) is 8.78 Å². The second-order valence-corrected chi connectivity index (χ2v) is 6.11. The third-order valence-corrected chi connectivity index (χ3v) is 4.52. The zero-order valence-electron chi connectivity index (χ0n) is 13.2. The number of aryl methyl sites for hydroxylation is 1. The second-order valence-electron chi connectivity index (χ2n) is 6.11. The number of hydrogen-bond donors (Lipinski definition) is 1. The topological polar surface area (TPSA) is 80.5 Å². The number of aromatic nitrogens is 5. The van der Waals surface area contributed by atoms with Crippen LogP contribution >= 0.6 is 0 Å². The summed E-state index contributed by atoms with van der Waals surface area (Å²) in [5, 5.41) is 3.82. The summed E-state index contributed by atoms with van der Waals surface area (Å²) in [6.45, 7) is 1.98. The molecule has 1 saturated carbocycles. The maximum atomic E-state index is 14.1. The van der Waals surface area contributed by atoms with Crippen molar-refractivity contribution in [1.29, 1.82) is 0 Å². The van der Waals surface area contributed by atoms with Crippen LogP contribution in [0.2, 0.25) is 0 Å². The maximum absolute atomic E-state index is 14.1. The Morgan fingerprint density at radius 2 is 2.21 bits per heavy atom. The van der Waals surface area contributed by atoms with Gasteiger partial charge in [0.2, 0.25) is 0 Å². The minimum atomic E-state index is -2.78. The van der Waals surface area contributed by atoms with Crippen LogP contribution in [0.3, 0.4) is 0 Å². The first-order valence-electron chi connectivity index (χ1n) is 8.14.